The summed E-state index contributed by atoms with van der Waals surface area (Å²) in [5.74, 6) is 0. The summed E-state index contributed by atoms with van der Waals surface area (Å²) in [6.07, 6.45) is 1.59. The van der Waals surface area contributed by atoms with Gasteiger partial charge in [0.1, 0.15) is 0 Å². The van der Waals surface area contributed by atoms with Crippen LogP contribution in [0.5, 0.6) is 0 Å². The standard InChI is InChI=1S/C10H9ClN2/c1-2-10(13)8-5-7(6-12)3-4-9(8)11/h2-5,10H,1,13H2/t10-/m1/s1. The van der Waals surface area contributed by atoms with E-state index < -0.39 is 0 Å². The number of halogens is 1. The Balaban J connectivity index is 3.20. The van der Waals surface area contributed by atoms with Crippen LogP contribution < -0.4 is 5.73 Å². The van der Waals surface area contributed by atoms with E-state index in [-0.39, 0.29) is 6.04 Å². The second kappa shape index (κ2) is 4.08. The maximum atomic E-state index is 8.65. The van der Waals surface area contributed by atoms with Crippen LogP contribution in [-0.4, -0.2) is 0 Å². The highest BCUT2D eigenvalue weighted by molar-refractivity contribution is 6.31. The Bertz CT molecular complexity index is 366. The molecule has 2 nitrogen and oxygen atoms in total. The van der Waals surface area contributed by atoms with E-state index in [1.54, 1.807) is 24.3 Å². The Morgan fingerprint density at radius 3 is 2.85 bits per heavy atom. The summed E-state index contributed by atoms with van der Waals surface area (Å²) in [6.45, 7) is 3.57. The Hall–Kier alpha value is -1.30. The highest BCUT2D eigenvalue weighted by atomic mass is 35.5. The Morgan fingerprint density at radius 1 is 1.62 bits per heavy atom. The van der Waals surface area contributed by atoms with Crippen LogP contribution in [0, 0.1) is 11.3 Å². The zero-order chi connectivity index (χ0) is 9.84. The minimum absolute atomic E-state index is 0.319. The summed E-state index contributed by atoms with van der Waals surface area (Å²) < 4.78 is 0. The predicted molar refractivity (Wildman–Crippen MR) is 53.3 cm³/mol. The summed E-state index contributed by atoms with van der Waals surface area (Å²) in [4.78, 5) is 0. The van der Waals surface area contributed by atoms with Crippen molar-refractivity contribution < 1.29 is 0 Å². The summed E-state index contributed by atoms with van der Waals surface area (Å²) >= 11 is 5.89. The monoisotopic (exact) mass is 192 g/mol. The van der Waals surface area contributed by atoms with Crippen molar-refractivity contribution in [3.63, 3.8) is 0 Å². The molecule has 0 radical (unpaired) electrons. The lowest BCUT2D eigenvalue weighted by molar-refractivity contribution is 0.914. The number of benzene rings is 1. The summed E-state index contributed by atoms with van der Waals surface area (Å²) in [5.41, 5.74) is 6.99. The van der Waals surface area contributed by atoms with Gasteiger partial charge in [-0.25, -0.2) is 0 Å². The van der Waals surface area contributed by atoms with Gasteiger partial charge in [-0.15, -0.1) is 6.58 Å². The van der Waals surface area contributed by atoms with Crippen LogP contribution in [0.2, 0.25) is 5.02 Å². The van der Waals surface area contributed by atoms with Crippen LogP contribution in [0.1, 0.15) is 17.2 Å². The molecule has 1 rings (SSSR count). The topological polar surface area (TPSA) is 49.8 Å². The molecule has 13 heavy (non-hydrogen) atoms. The number of nitriles is 1. The van der Waals surface area contributed by atoms with Gasteiger partial charge >= 0.3 is 0 Å². The third-order valence-corrected chi connectivity index (χ3v) is 2.08. The number of rotatable bonds is 2. The van der Waals surface area contributed by atoms with Crippen molar-refractivity contribution in [2.75, 3.05) is 0 Å². The lowest BCUT2D eigenvalue weighted by Crippen LogP contribution is -2.07. The number of hydrogen-bond acceptors (Lipinski definition) is 2. The average molecular weight is 193 g/mol. The van der Waals surface area contributed by atoms with Crippen LogP contribution in [0.3, 0.4) is 0 Å². The molecular weight excluding hydrogens is 184 g/mol. The van der Waals surface area contributed by atoms with E-state index in [0.717, 1.165) is 5.56 Å². The number of nitrogens with two attached hydrogens (primary N) is 1. The van der Waals surface area contributed by atoms with Crippen molar-refractivity contribution in [1.82, 2.24) is 0 Å². The fraction of sp³-hybridized carbons (Fsp3) is 0.100. The highest BCUT2D eigenvalue weighted by Gasteiger charge is 2.07. The first kappa shape index (κ1) is 9.79. The molecule has 66 valence electrons. The van der Waals surface area contributed by atoms with Crippen molar-refractivity contribution in [2.24, 2.45) is 5.73 Å². The van der Waals surface area contributed by atoms with Crippen molar-refractivity contribution in [1.29, 1.82) is 5.26 Å². The molecule has 1 aromatic carbocycles. The van der Waals surface area contributed by atoms with Gasteiger partial charge in [0.05, 0.1) is 11.6 Å². The quantitative estimate of drug-likeness (QED) is 0.732. The van der Waals surface area contributed by atoms with E-state index in [1.807, 2.05) is 6.07 Å². The third kappa shape index (κ3) is 2.09. The lowest BCUT2D eigenvalue weighted by Gasteiger charge is -2.08. The summed E-state index contributed by atoms with van der Waals surface area (Å²) in [6, 6.07) is 6.70. The van der Waals surface area contributed by atoms with E-state index >= 15 is 0 Å². The Morgan fingerprint density at radius 2 is 2.31 bits per heavy atom. The minimum atomic E-state index is -0.319. The molecule has 3 heteroatoms. The summed E-state index contributed by atoms with van der Waals surface area (Å²) in [7, 11) is 0. The molecular formula is C10H9ClN2. The highest BCUT2D eigenvalue weighted by Crippen LogP contribution is 2.23. The number of nitrogens with zero attached hydrogens (tertiary/aromatic N) is 1. The first-order valence-electron chi connectivity index (χ1n) is 3.76. The fourth-order valence-corrected chi connectivity index (χ4v) is 1.24. The van der Waals surface area contributed by atoms with Crippen molar-refractivity contribution in [3.05, 3.63) is 47.0 Å². The number of hydrogen-bond donors (Lipinski definition) is 1. The van der Waals surface area contributed by atoms with Crippen molar-refractivity contribution in [3.8, 4) is 6.07 Å². The zero-order valence-electron chi connectivity index (χ0n) is 7.00. The SMILES string of the molecule is C=C[C@@H](N)c1cc(C#N)ccc1Cl. The van der Waals surface area contributed by atoms with E-state index in [4.69, 9.17) is 22.6 Å². The molecule has 0 saturated carbocycles. The normalized spacial score (nSPS) is 11.8. The van der Waals surface area contributed by atoms with Gasteiger partial charge in [-0.3, -0.25) is 0 Å². The molecule has 0 saturated heterocycles. The average Bonchev–Trinajstić information content (AvgIpc) is 2.17. The van der Waals surface area contributed by atoms with Crippen LogP contribution in [0.4, 0.5) is 0 Å². The first-order valence-corrected chi connectivity index (χ1v) is 4.14. The minimum Gasteiger partial charge on any atom is -0.321 e. The smallest absolute Gasteiger partial charge is 0.0991 e. The zero-order valence-corrected chi connectivity index (χ0v) is 7.75. The van der Waals surface area contributed by atoms with Crippen LogP contribution in [-0.2, 0) is 0 Å². The van der Waals surface area contributed by atoms with Crippen molar-refractivity contribution >= 4 is 11.6 Å². The van der Waals surface area contributed by atoms with Gasteiger partial charge in [0, 0.05) is 11.1 Å². The molecule has 0 fully saturated rings. The fourth-order valence-electron chi connectivity index (χ4n) is 0.996. The van der Waals surface area contributed by atoms with Gasteiger partial charge < -0.3 is 5.73 Å². The van der Waals surface area contributed by atoms with Crippen LogP contribution >= 0.6 is 11.6 Å². The van der Waals surface area contributed by atoms with Gasteiger partial charge in [0.15, 0.2) is 0 Å². The predicted octanol–water partition coefficient (Wildman–Crippen LogP) is 2.40. The second-order valence-electron chi connectivity index (χ2n) is 2.61. The third-order valence-electron chi connectivity index (χ3n) is 1.74. The molecule has 1 atom stereocenters. The molecule has 0 unspecified atom stereocenters. The Kier molecular flexibility index (Phi) is 3.07. The molecule has 0 aliphatic carbocycles. The maximum absolute atomic E-state index is 8.65. The summed E-state index contributed by atoms with van der Waals surface area (Å²) in [5, 5.41) is 9.21. The molecule has 1 aromatic rings. The van der Waals surface area contributed by atoms with Gasteiger partial charge in [-0.1, -0.05) is 17.7 Å². The van der Waals surface area contributed by atoms with Gasteiger partial charge in [0.25, 0.3) is 0 Å². The molecule has 0 aliphatic rings. The van der Waals surface area contributed by atoms with Crippen molar-refractivity contribution in [2.45, 2.75) is 6.04 Å². The molecule has 0 aromatic heterocycles. The molecule has 0 heterocycles. The van der Waals surface area contributed by atoms with E-state index in [0.29, 0.717) is 10.6 Å². The van der Waals surface area contributed by atoms with E-state index in [2.05, 4.69) is 6.58 Å². The second-order valence-corrected chi connectivity index (χ2v) is 3.02. The molecule has 2 N–H and O–H groups in total. The molecule has 0 amide bonds. The first-order chi connectivity index (χ1) is 6.19. The lowest BCUT2D eigenvalue weighted by atomic mass is 10.1. The molecule has 0 aliphatic heterocycles. The van der Waals surface area contributed by atoms with Crippen LogP contribution in [0.15, 0.2) is 30.9 Å². The van der Waals surface area contributed by atoms with Gasteiger partial charge in [-0.05, 0) is 23.8 Å². The molecule has 0 bridgehead atoms. The van der Waals surface area contributed by atoms with Gasteiger partial charge in [0.2, 0.25) is 0 Å². The van der Waals surface area contributed by atoms with E-state index in [1.165, 1.54) is 0 Å². The van der Waals surface area contributed by atoms with Gasteiger partial charge in [-0.2, -0.15) is 5.26 Å². The van der Waals surface area contributed by atoms with Crippen LogP contribution in [0.25, 0.3) is 0 Å². The molecule has 0 spiro atoms. The largest absolute Gasteiger partial charge is 0.321 e. The Labute approximate surface area is 82.2 Å². The maximum Gasteiger partial charge on any atom is 0.0991 e. The van der Waals surface area contributed by atoms with E-state index in [9.17, 15) is 0 Å².